The van der Waals surface area contributed by atoms with Gasteiger partial charge < -0.3 is 10.3 Å². The molecule has 1 aromatic heterocycles. The minimum atomic E-state index is 0.0204. The lowest BCUT2D eigenvalue weighted by molar-refractivity contribution is 0.260. The fourth-order valence-corrected chi connectivity index (χ4v) is 3.57. The summed E-state index contributed by atoms with van der Waals surface area (Å²) < 4.78 is 0. The van der Waals surface area contributed by atoms with Crippen LogP contribution in [0.4, 0.5) is 0 Å². The van der Waals surface area contributed by atoms with Crippen molar-refractivity contribution in [2.45, 2.75) is 46.2 Å². The van der Waals surface area contributed by atoms with Crippen LogP contribution in [0.5, 0.6) is 0 Å². The predicted molar refractivity (Wildman–Crippen MR) is 96.0 cm³/mol. The fraction of sp³-hybridized carbons (Fsp3) is 0.526. The molecule has 2 aromatic rings. The molecule has 1 aromatic carbocycles. The van der Waals surface area contributed by atoms with Gasteiger partial charge in [0, 0.05) is 30.2 Å². The third kappa shape index (κ3) is 3.48. The van der Waals surface area contributed by atoms with Crippen LogP contribution in [0, 0.1) is 13.8 Å². The van der Waals surface area contributed by atoms with Gasteiger partial charge in [-0.1, -0.05) is 6.92 Å². The highest BCUT2D eigenvalue weighted by atomic mass is 16.1. The molecule has 2 heterocycles. The van der Waals surface area contributed by atoms with Gasteiger partial charge in [-0.15, -0.1) is 0 Å². The summed E-state index contributed by atoms with van der Waals surface area (Å²) in [6.07, 6.45) is 2.54. The summed E-state index contributed by atoms with van der Waals surface area (Å²) in [5, 5.41) is 4.59. The van der Waals surface area contributed by atoms with E-state index in [1.54, 1.807) is 0 Å². The molecule has 0 bridgehead atoms. The molecule has 1 saturated heterocycles. The quantitative estimate of drug-likeness (QED) is 0.892. The highest BCUT2D eigenvalue weighted by Crippen LogP contribution is 2.18. The lowest BCUT2D eigenvalue weighted by Crippen LogP contribution is -2.38. The highest BCUT2D eigenvalue weighted by Gasteiger charge is 2.22. The van der Waals surface area contributed by atoms with Gasteiger partial charge in [0.15, 0.2) is 0 Å². The number of aryl methyl sites for hydroxylation is 2. The molecule has 0 amide bonds. The SMILES string of the molecule is CCN1CCC[C@@H]1CNCc1cc2cc(C)c(C)cc2[nH]c1=O. The summed E-state index contributed by atoms with van der Waals surface area (Å²) in [7, 11) is 0. The van der Waals surface area contributed by atoms with Crippen molar-refractivity contribution >= 4 is 10.9 Å². The van der Waals surface area contributed by atoms with Gasteiger partial charge >= 0.3 is 0 Å². The van der Waals surface area contributed by atoms with E-state index in [0.717, 1.165) is 29.6 Å². The molecular weight excluding hydrogens is 286 g/mol. The zero-order valence-corrected chi connectivity index (χ0v) is 14.4. The van der Waals surface area contributed by atoms with E-state index in [-0.39, 0.29) is 5.56 Å². The minimum Gasteiger partial charge on any atom is -0.322 e. The second-order valence-electron chi connectivity index (χ2n) is 6.70. The number of likely N-dealkylation sites (N-methyl/N-ethyl adjacent to an activating group) is 1. The van der Waals surface area contributed by atoms with E-state index in [0.29, 0.717) is 12.6 Å². The number of aromatic nitrogens is 1. The van der Waals surface area contributed by atoms with Crippen molar-refractivity contribution in [2.75, 3.05) is 19.6 Å². The number of hydrogen-bond acceptors (Lipinski definition) is 3. The van der Waals surface area contributed by atoms with Crippen molar-refractivity contribution in [3.05, 3.63) is 45.2 Å². The van der Waals surface area contributed by atoms with Crippen LogP contribution in [0.1, 0.15) is 36.5 Å². The van der Waals surface area contributed by atoms with E-state index >= 15 is 0 Å². The number of fused-ring (bicyclic) bond motifs is 1. The Balaban J connectivity index is 1.71. The Morgan fingerprint density at radius 2 is 2.04 bits per heavy atom. The molecule has 1 fully saturated rings. The smallest absolute Gasteiger partial charge is 0.252 e. The van der Waals surface area contributed by atoms with Gasteiger partial charge in [0.05, 0.1) is 0 Å². The lowest BCUT2D eigenvalue weighted by atomic mass is 10.0. The summed E-state index contributed by atoms with van der Waals surface area (Å²) in [4.78, 5) is 17.8. The number of hydrogen-bond donors (Lipinski definition) is 2. The average Bonchev–Trinajstić information content (AvgIpc) is 2.97. The molecule has 4 heteroatoms. The van der Waals surface area contributed by atoms with Gasteiger partial charge in [-0.2, -0.15) is 0 Å². The summed E-state index contributed by atoms with van der Waals surface area (Å²) in [6, 6.07) is 6.85. The summed E-state index contributed by atoms with van der Waals surface area (Å²) in [5.41, 5.74) is 4.23. The molecule has 124 valence electrons. The van der Waals surface area contributed by atoms with Gasteiger partial charge in [0.1, 0.15) is 0 Å². The number of H-pyrrole nitrogens is 1. The van der Waals surface area contributed by atoms with Crippen LogP contribution in [0.25, 0.3) is 10.9 Å². The van der Waals surface area contributed by atoms with Crippen LogP contribution in [0.3, 0.4) is 0 Å². The molecule has 4 nitrogen and oxygen atoms in total. The Morgan fingerprint density at radius 3 is 2.83 bits per heavy atom. The zero-order valence-electron chi connectivity index (χ0n) is 14.4. The summed E-state index contributed by atoms with van der Waals surface area (Å²) >= 11 is 0. The Morgan fingerprint density at radius 1 is 1.26 bits per heavy atom. The van der Waals surface area contributed by atoms with E-state index in [1.807, 2.05) is 6.07 Å². The van der Waals surface area contributed by atoms with Crippen LogP contribution in [0.15, 0.2) is 23.0 Å². The number of nitrogens with zero attached hydrogens (tertiary/aromatic N) is 1. The average molecular weight is 313 g/mol. The zero-order chi connectivity index (χ0) is 16.4. The summed E-state index contributed by atoms with van der Waals surface area (Å²) in [6.45, 7) is 10.3. The molecule has 23 heavy (non-hydrogen) atoms. The standard InChI is InChI=1S/C19H27N3O/c1-4-22-7-5-6-17(22)12-20-11-16-10-15-8-13(2)14(3)9-18(15)21-19(16)23/h8-10,17,20H,4-7,11-12H2,1-3H3,(H,21,23)/t17-/m1/s1. The van der Waals surface area contributed by atoms with Crippen molar-refractivity contribution in [1.29, 1.82) is 0 Å². The Bertz CT molecular complexity index is 750. The van der Waals surface area contributed by atoms with Crippen LogP contribution < -0.4 is 10.9 Å². The normalized spacial score (nSPS) is 18.8. The van der Waals surface area contributed by atoms with E-state index in [1.165, 1.54) is 30.5 Å². The number of aromatic amines is 1. The van der Waals surface area contributed by atoms with E-state index in [4.69, 9.17) is 0 Å². The van der Waals surface area contributed by atoms with Crippen LogP contribution >= 0.6 is 0 Å². The van der Waals surface area contributed by atoms with Crippen molar-refractivity contribution in [1.82, 2.24) is 15.2 Å². The van der Waals surface area contributed by atoms with E-state index in [2.05, 4.69) is 48.1 Å². The number of pyridine rings is 1. The van der Waals surface area contributed by atoms with Crippen LogP contribution in [0.2, 0.25) is 0 Å². The number of likely N-dealkylation sites (tertiary alicyclic amines) is 1. The molecule has 1 atom stereocenters. The van der Waals surface area contributed by atoms with Crippen molar-refractivity contribution in [2.24, 2.45) is 0 Å². The molecular formula is C19H27N3O. The van der Waals surface area contributed by atoms with Crippen LogP contribution in [-0.2, 0) is 6.54 Å². The first-order valence-electron chi connectivity index (χ1n) is 8.66. The molecule has 3 rings (SSSR count). The van der Waals surface area contributed by atoms with Gasteiger partial charge in [-0.25, -0.2) is 0 Å². The number of benzene rings is 1. The van der Waals surface area contributed by atoms with Crippen molar-refractivity contribution < 1.29 is 0 Å². The van der Waals surface area contributed by atoms with Crippen LogP contribution in [-0.4, -0.2) is 35.6 Å². The lowest BCUT2D eigenvalue weighted by Gasteiger charge is -2.22. The largest absolute Gasteiger partial charge is 0.322 e. The predicted octanol–water partition coefficient (Wildman–Crippen LogP) is 2.72. The molecule has 0 unspecified atom stereocenters. The molecule has 0 radical (unpaired) electrons. The third-order valence-corrected chi connectivity index (χ3v) is 5.14. The molecule has 0 aliphatic carbocycles. The maximum atomic E-state index is 12.3. The molecule has 0 spiro atoms. The van der Waals surface area contributed by atoms with E-state index < -0.39 is 0 Å². The van der Waals surface area contributed by atoms with Gasteiger partial charge in [0.25, 0.3) is 5.56 Å². The first-order valence-corrected chi connectivity index (χ1v) is 8.66. The maximum Gasteiger partial charge on any atom is 0.252 e. The summed E-state index contributed by atoms with van der Waals surface area (Å²) in [5.74, 6) is 0. The van der Waals surface area contributed by atoms with E-state index in [9.17, 15) is 4.79 Å². The molecule has 1 aliphatic rings. The maximum absolute atomic E-state index is 12.3. The Hall–Kier alpha value is -1.65. The first kappa shape index (κ1) is 16.2. The molecule has 2 N–H and O–H groups in total. The van der Waals surface area contributed by atoms with Crippen molar-refractivity contribution in [3.63, 3.8) is 0 Å². The van der Waals surface area contributed by atoms with Crippen molar-refractivity contribution in [3.8, 4) is 0 Å². The van der Waals surface area contributed by atoms with Gasteiger partial charge in [-0.05, 0) is 74.5 Å². The first-order chi connectivity index (χ1) is 11.1. The Labute approximate surface area is 137 Å². The second kappa shape index (κ2) is 6.85. The minimum absolute atomic E-state index is 0.0204. The monoisotopic (exact) mass is 313 g/mol. The third-order valence-electron chi connectivity index (χ3n) is 5.14. The number of rotatable bonds is 5. The highest BCUT2D eigenvalue weighted by molar-refractivity contribution is 5.80. The topological polar surface area (TPSA) is 48.1 Å². The molecule has 1 aliphatic heterocycles. The van der Waals surface area contributed by atoms with Gasteiger partial charge in [0.2, 0.25) is 0 Å². The van der Waals surface area contributed by atoms with Gasteiger partial charge in [-0.3, -0.25) is 9.69 Å². The molecule has 0 saturated carbocycles. The second-order valence-corrected chi connectivity index (χ2v) is 6.70. The fourth-order valence-electron chi connectivity index (χ4n) is 3.57. The number of nitrogens with one attached hydrogen (secondary N) is 2. The Kier molecular flexibility index (Phi) is 4.83.